The number of allylic oxidation sites excluding steroid dienone is 2. The summed E-state index contributed by atoms with van der Waals surface area (Å²) >= 11 is 0. The number of carbonyl (C=O) groups excluding carboxylic acids is 2. The van der Waals surface area contributed by atoms with Crippen LogP contribution < -0.4 is 9.64 Å². The van der Waals surface area contributed by atoms with Gasteiger partial charge in [-0.2, -0.15) is 0 Å². The number of benzene rings is 1. The van der Waals surface area contributed by atoms with Crippen molar-refractivity contribution in [3.8, 4) is 5.75 Å². The molecule has 0 saturated carbocycles. The average molecular weight is 339 g/mol. The highest BCUT2D eigenvalue weighted by molar-refractivity contribution is 6.02. The Kier molecular flexibility index (Phi) is 4.55. The van der Waals surface area contributed by atoms with E-state index in [2.05, 4.69) is 4.90 Å². The Labute approximate surface area is 149 Å². The molecule has 4 atom stereocenters. The Morgan fingerprint density at radius 3 is 1.60 bits per heavy atom. The number of Topliss-reactive ketones (excluding diaryl/α,β-unsaturated/α-hetero) is 2. The minimum atomic E-state index is -0.126. The summed E-state index contributed by atoms with van der Waals surface area (Å²) in [5.74, 6) is 0.896. The predicted molar refractivity (Wildman–Crippen MR) is 98.9 cm³/mol. The first-order valence-corrected chi connectivity index (χ1v) is 8.72. The van der Waals surface area contributed by atoms with Gasteiger partial charge in [0.25, 0.3) is 0 Å². The lowest BCUT2D eigenvalue weighted by molar-refractivity contribution is -0.118. The van der Waals surface area contributed by atoms with E-state index in [0.29, 0.717) is 0 Å². The molecule has 0 unspecified atom stereocenters. The number of nitrogens with zero attached hydrogens (tertiary/aromatic N) is 1. The third kappa shape index (κ3) is 2.90. The fraction of sp³-hybridized carbons (Fsp3) is 0.429. The van der Waals surface area contributed by atoms with Crippen LogP contribution in [0.3, 0.4) is 0 Å². The molecule has 0 fully saturated rings. The van der Waals surface area contributed by atoms with E-state index in [4.69, 9.17) is 4.74 Å². The lowest BCUT2D eigenvalue weighted by Crippen LogP contribution is -2.47. The molecule has 2 aliphatic carbocycles. The summed E-state index contributed by atoms with van der Waals surface area (Å²) in [5.41, 5.74) is 2.59. The predicted octanol–water partition coefficient (Wildman–Crippen LogP) is 3.57. The molecule has 0 radical (unpaired) electrons. The van der Waals surface area contributed by atoms with Gasteiger partial charge in [0.2, 0.25) is 0 Å². The Bertz CT molecular complexity index is 718. The lowest BCUT2D eigenvalue weighted by Gasteiger charge is -2.38. The van der Waals surface area contributed by atoms with E-state index >= 15 is 0 Å². The number of methoxy groups -OCH3 is 1. The van der Waals surface area contributed by atoms with Crippen molar-refractivity contribution in [1.82, 2.24) is 0 Å². The van der Waals surface area contributed by atoms with Crippen LogP contribution in [0.25, 0.3) is 0 Å². The van der Waals surface area contributed by atoms with Gasteiger partial charge in [-0.05, 0) is 49.3 Å². The summed E-state index contributed by atoms with van der Waals surface area (Å²) in [5, 5.41) is 0. The summed E-state index contributed by atoms with van der Waals surface area (Å²) < 4.78 is 5.26. The Morgan fingerprint density at radius 1 is 0.840 bits per heavy atom. The fourth-order valence-electron chi connectivity index (χ4n) is 3.93. The number of carbonyl (C=O) groups is 2. The summed E-state index contributed by atoms with van der Waals surface area (Å²) in [6.07, 6.45) is 4.08. The van der Waals surface area contributed by atoms with Crippen LogP contribution in [0.15, 0.2) is 47.6 Å². The Balaban J connectivity index is 2.06. The van der Waals surface area contributed by atoms with Crippen LogP contribution in [0.4, 0.5) is 5.69 Å². The molecule has 1 aromatic rings. The summed E-state index contributed by atoms with van der Waals surface area (Å²) in [7, 11) is 1.64. The van der Waals surface area contributed by atoms with Crippen molar-refractivity contribution < 1.29 is 14.3 Å². The van der Waals surface area contributed by atoms with E-state index in [1.165, 1.54) is 0 Å². The van der Waals surface area contributed by atoms with E-state index in [1.807, 2.05) is 64.1 Å². The van der Waals surface area contributed by atoms with Crippen LogP contribution in [0, 0.1) is 11.8 Å². The van der Waals surface area contributed by atoms with Crippen LogP contribution in [0.5, 0.6) is 5.75 Å². The van der Waals surface area contributed by atoms with E-state index < -0.39 is 0 Å². The van der Waals surface area contributed by atoms with Crippen molar-refractivity contribution in [2.75, 3.05) is 12.0 Å². The maximum Gasteiger partial charge on any atom is 0.163 e. The lowest BCUT2D eigenvalue weighted by atomic mass is 9.95. The van der Waals surface area contributed by atoms with Crippen LogP contribution in [0.2, 0.25) is 0 Å². The molecule has 0 N–H and O–H groups in total. The SMILES string of the molecule is COc1ccc(N([C@@H]2C=C(C)C(=O)[C@H]2C)[C@@H]2C=C(C)C(=O)[C@H]2C)cc1. The Hall–Kier alpha value is -2.36. The highest BCUT2D eigenvalue weighted by Gasteiger charge is 2.42. The van der Waals surface area contributed by atoms with Crippen LogP contribution in [-0.4, -0.2) is 30.8 Å². The zero-order valence-electron chi connectivity index (χ0n) is 15.4. The fourth-order valence-corrected chi connectivity index (χ4v) is 3.93. The smallest absolute Gasteiger partial charge is 0.163 e. The molecule has 0 aromatic heterocycles. The summed E-state index contributed by atoms with van der Waals surface area (Å²) in [6.45, 7) is 7.67. The molecule has 0 aliphatic heterocycles. The third-order valence-electron chi connectivity index (χ3n) is 5.48. The monoisotopic (exact) mass is 339 g/mol. The molecule has 2 aliphatic rings. The normalized spacial score (nSPS) is 28.8. The number of rotatable bonds is 4. The van der Waals surface area contributed by atoms with Crippen molar-refractivity contribution >= 4 is 17.3 Å². The molecule has 3 rings (SSSR count). The first-order chi connectivity index (χ1) is 11.8. The van der Waals surface area contributed by atoms with Gasteiger partial charge in [-0.3, -0.25) is 9.59 Å². The van der Waals surface area contributed by atoms with Gasteiger partial charge in [-0.1, -0.05) is 26.0 Å². The molecule has 4 nitrogen and oxygen atoms in total. The number of hydrogen-bond donors (Lipinski definition) is 0. The molecule has 25 heavy (non-hydrogen) atoms. The highest BCUT2D eigenvalue weighted by Crippen LogP contribution is 2.37. The molecule has 4 heteroatoms. The topological polar surface area (TPSA) is 46.6 Å². The quantitative estimate of drug-likeness (QED) is 0.841. The van der Waals surface area contributed by atoms with Crippen LogP contribution in [-0.2, 0) is 9.59 Å². The molecule has 0 saturated heterocycles. The zero-order valence-corrected chi connectivity index (χ0v) is 15.4. The van der Waals surface area contributed by atoms with E-state index in [-0.39, 0.29) is 35.5 Å². The average Bonchev–Trinajstić information content (AvgIpc) is 3.01. The maximum atomic E-state index is 12.4. The summed E-state index contributed by atoms with van der Waals surface area (Å²) in [6, 6.07) is 7.72. The standard InChI is InChI=1S/C21H25NO3/c1-12-10-18(14(3)20(12)23)22(16-6-8-17(25-5)9-7-16)19-11-13(2)21(24)15(19)4/h6-11,14-15,18-19H,1-5H3/t14-,15-,18+,19+/m0/s1. The Morgan fingerprint density at radius 2 is 1.28 bits per heavy atom. The van der Waals surface area contributed by atoms with E-state index in [0.717, 1.165) is 22.6 Å². The minimum Gasteiger partial charge on any atom is -0.497 e. The van der Waals surface area contributed by atoms with Crippen LogP contribution >= 0.6 is 0 Å². The largest absolute Gasteiger partial charge is 0.497 e. The van der Waals surface area contributed by atoms with Gasteiger partial charge < -0.3 is 9.64 Å². The van der Waals surface area contributed by atoms with E-state index in [9.17, 15) is 9.59 Å². The molecule has 0 bridgehead atoms. The molecule has 1 aromatic carbocycles. The number of hydrogen-bond acceptors (Lipinski definition) is 4. The molecule has 132 valence electrons. The molecule has 0 amide bonds. The van der Waals surface area contributed by atoms with Crippen molar-refractivity contribution in [2.24, 2.45) is 11.8 Å². The van der Waals surface area contributed by atoms with Gasteiger partial charge in [0, 0.05) is 17.5 Å². The second-order valence-corrected chi connectivity index (χ2v) is 7.09. The second kappa shape index (κ2) is 6.51. The highest BCUT2D eigenvalue weighted by atomic mass is 16.5. The van der Waals surface area contributed by atoms with Gasteiger partial charge >= 0.3 is 0 Å². The van der Waals surface area contributed by atoms with Gasteiger partial charge in [-0.15, -0.1) is 0 Å². The number of ketones is 2. The van der Waals surface area contributed by atoms with Crippen molar-refractivity contribution in [1.29, 1.82) is 0 Å². The zero-order chi connectivity index (χ0) is 18.3. The number of anilines is 1. The van der Waals surface area contributed by atoms with Gasteiger partial charge in [0.1, 0.15) is 5.75 Å². The first-order valence-electron chi connectivity index (χ1n) is 8.72. The molecule has 0 spiro atoms. The van der Waals surface area contributed by atoms with Crippen LogP contribution in [0.1, 0.15) is 27.7 Å². The number of ether oxygens (including phenoxy) is 1. The molecular weight excluding hydrogens is 314 g/mol. The van der Waals surface area contributed by atoms with Gasteiger partial charge in [0.05, 0.1) is 19.2 Å². The van der Waals surface area contributed by atoms with Gasteiger partial charge in [0.15, 0.2) is 11.6 Å². The van der Waals surface area contributed by atoms with Crippen molar-refractivity contribution in [3.05, 3.63) is 47.6 Å². The maximum absolute atomic E-state index is 12.4. The molecular formula is C21H25NO3. The third-order valence-corrected chi connectivity index (χ3v) is 5.48. The first kappa shape index (κ1) is 17.5. The summed E-state index contributed by atoms with van der Waals surface area (Å²) in [4.78, 5) is 27.0. The van der Waals surface area contributed by atoms with E-state index in [1.54, 1.807) is 7.11 Å². The van der Waals surface area contributed by atoms with Crippen molar-refractivity contribution in [2.45, 2.75) is 39.8 Å². The van der Waals surface area contributed by atoms with Gasteiger partial charge in [-0.25, -0.2) is 0 Å². The molecule has 0 heterocycles. The second-order valence-electron chi connectivity index (χ2n) is 7.09. The minimum absolute atomic E-state index is 0.0525. The van der Waals surface area contributed by atoms with Crippen molar-refractivity contribution in [3.63, 3.8) is 0 Å².